The third-order valence-corrected chi connectivity index (χ3v) is 3.57. The molecule has 0 aromatic heterocycles. The van der Waals surface area contributed by atoms with Crippen LogP contribution in [0.5, 0.6) is 0 Å². The van der Waals surface area contributed by atoms with Crippen LogP contribution in [-0.4, -0.2) is 23.5 Å². The molecular formula is C11H23NOS. The molecule has 0 spiro atoms. The summed E-state index contributed by atoms with van der Waals surface area (Å²) in [7, 11) is 0. The second-order valence-corrected chi connectivity index (χ2v) is 6.30. The van der Waals surface area contributed by atoms with Gasteiger partial charge in [0, 0.05) is 10.2 Å². The van der Waals surface area contributed by atoms with Crippen LogP contribution in [0.3, 0.4) is 0 Å². The van der Waals surface area contributed by atoms with Gasteiger partial charge in [0.15, 0.2) is 5.90 Å². The molecule has 0 fully saturated rings. The molecule has 0 aliphatic rings. The van der Waals surface area contributed by atoms with E-state index in [4.69, 9.17) is 10.1 Å². The van der Waals surface area contributed by atoms with Gasteiger partial charge < -0.3 is 4.74 Å². The van der Waals surface area contributed by atoms with Crippen molar-refractivity contribution in [3.63, 3.8) is 0 Å². The molecule has 0 aliphatic heterocycles. The summed E-state index contributed by atoms with van der Waals surface area (Å²) in [5.74, 6) is 0.405. The van der Waals surface area contributed by atoms with Crippen molar-refractivity contribution in [2.24, 2.45) is 5.41 Å². The van der Waals surface area contributed by atoms with E-state index in [0.29, 0.717) is 12.5 Å². The molecule has 3 heteroatoms. The summed E-state index contributed by atoms with van der Waals surface area (Å²) in [4.78, 5) is 0. The SMILES string of the molecule is CCOC(=N)C(C)(C)CC(C)(C)SC. The first-order valence-electron chi connectivity index (χ1n) is 5.02. The maximum absolute atomic E-state index is 7.82. The highest BCUT2D eigenvalue weighted by molar-refractivity contribution is 7.99. The molecule has 0 saturated heterocycles. The fraction of sp³-hybridized carbons (Fsp3) is 0.909. The first kappa shape index (κ1) is 13.8. The lowest BCUT2D eigenvalue weighted by molar-refractivity contribution is 0.253. The van der Waals surface area contributed by atoms with Gasteiger partial charge in [-0.2, -0.15) is 11.8 Å². The van der Waals surface area contributed by atoms with E-state index < -0.39 is 0 Å². The normalized spacial score (nSPS) is 12.7. The molecule has 0 heterocycles. The lowest BCUT2D eigenvalue weighted by Gasteiger charge is -2.33. The second-order valence-electron chi connectivity index (χ2n) is 4.79. The minimum atomic E-state index is -0.164. The Balaban J connectivity index is 4.40. The highest BCUT2D eigenvalue weighted by atomic mass is 32.2. The Morgan fingerprint density at radius 1 is 1.29 bits per heavy atom. The first-order valence-corrected chi connectivity index (χ1v) is 6.24. The Morgan fingerprint density at radius 3 is 2.14 bits per heavy atom. The van der Waals surface area contributed by atoms with E-state index in [2.05, 4.69) is 34.0 Å². The van der Waals surface area contributed by atoms with Crippen LogP contribution in [0.2, 0.25) is 0 Å². The lowest BCUT2D eigenvalue weighted by Crippen LogP contribution is -2.33. The van der Waals surface area contributed by atoms with Crippen molar-refractivity contribution in [2.75, 3.05) is 12.9 Å². The van der Waals surface area contributed by atoms with Gasteiger partial charge in [0.2, 0.25) is 0 Å². The molecule has 0 bridgehead atoms. The molecule has 0 radical (unpaired) electrons. The fourth-order valence-corrected chi connectivity index (χ4v) is 2.06. The minimum Gasteiger partial charge on any atom is -0.481 e. The van der Waals surface area contributed by atoms with Gasteiger partial charge in [-0.1, -0.05) is 27.7 Å². The topological polar surface area (TPSA) is 33.1 Å². The Hall–Kier alpha value is -0.180. The number of ether oxygens (including phenoxy) is 1. The third-order valence-electron chi connectivity index (χ3n) is 2.32. The van der Waals surface area contributed by atoms with E-state index in [1.165, 1.54) is 0 Å². The van der Waals surface area contributed by atoms with Crippen molar-refractivity contribution < 1.29 is 4.74 Å². The van der Waals surface area contributed by atoms with E-state index in [0.717, 1.165) is 6.42 Å². The molecule has 2 nitrogen and oxygen atoms in total. The van der Waals surface area contributed by atoms with Crippen LogP contribution in [-0.2, 0) is 4.74 Å². The molecular weight excluding hydrogens is 194 g/mol. The second kappa shape index (κ2) is 5.06. The van der Waals surface area contributed by atoms with Crippen LogP contribution in [0.4, 0.5) is 0 Å². The van der Waals surface area contributed by atoms with Crippen LogP contribution < -0.4 is 0 Å². The zero-order chi connectivity index (χ0) is 11.4. The average molecular weight is 217 g/mol. The smallest absolute Gasteiger partial charge is 0.186 e. The van der Waals surface area contributed by atoms with Crippen LogP contribution in [0.25, 0.3) is 0 Å². The lowest BCUT2D eigenvalue weighted by atomic mass is 9.83. The number of hydrogen-bond acceptors (Lipinski definition) is 3. The number of rotatable bonds is 5. The molecule has 0 atom stereocenters. The van der Waals surface area contributed by atoms with Gasteiger partial charge >= 0.3 is 0 Å². The summed E-state index contributed by atoms with van der Waals surface area (Å²) in [6.07, 6.45) is 3.07. The largest absolute Gasteiger partial charge is 0.481 e. The van der Waals surface area contributed by atoms with E-state index in [1.54, 1.807) is 0 Å². The van der Waals surface area contributed by atoms with Crippen molar-refractivity contribution in [3.05, 3.63) is 0 Å². The summed E-state index contributed by atoms with van der Waals surface area (Å²) in [6, 6.07) is 0. The van der Waals surface area contributed by atoms with Crippen LogP contribution in [0.1, 0.15) is 41.0 Å². The fourth-order valence-electron chi connectivity index (χ4n) is 1.56. The van der Waals surface area contributed by atoms with Gasteiger partial charge in [-0.05, 0) is 19.6 Å². The summed E-state index contributed by atoms with van der Waals surface area (Å²) >= 11 is 1.84. The highest BCUT2D eigenvalue weighted by Gasteiger charge is 2.32. The van der Waals surface area contributed by atoms with E-state index in [-0.39, 0.29) is 10.2 Å². The zero-order valence-corrected chi connectivity index (χ0v) is 11.0. The Morgan fingerprint density at radius 2 is 1.79 bits per heavy atom. The van der Waals surface area contributed by atoms with Crippen molar-refractivity contribution in [3.8, 4) is 0 Å². The molecule has 1 N–H and O–H groups in total. The monoisotopic (exact) mass is 217 g/mol. The minimum absolute atomic E-state index is 0.164. The number of hydrogen-bond donors (Lipinski definition) is 1. The molecule has 0 aromatic carbocycles. The van der Waals surface area contributed by atoms with Crippen LogP contribution >= 0.6 is 11.8 Å². The van der Waals surface area contributed by atoms with Gasteiger partial charge in [0.25, 0.3) is 0 Å². The molecule has 0 unspecified atom stereocenters. The quantitative estimate of drug-likeness (QED) is 0.564. The highest BCUT2D eigenvalue weighted by Crippen LogP contribution is 2.36. The number of thioether (sulfide) groups is 1. The summed E-state index contributed by atoms with van der Waals surface area (Å²) in [6.45, 7) is 11.1. The number of nitrogens with one attached hydrogen (secondary N) is 1. The Labute approximate surface area is 92.3 Å². The molecule has 0 aromatic rings. The van der Waals surface area contributed by atoms with Crippen molar-refractivity contribution in [1.29, 1.82) is 5.41 Å². The Kier molecular flexibility index (Phi) is 4.99. The summed E-state index contributed by atoms with van der Waals surface area (Å²) in [5, 5.41) is 7.82. The van der Waals surface area contributed by atoms with E-state index >= 15 is 0 Å². The molecule has 14 heavy (non-hydrogen) atoms. The molecule has 0 aliphatic carbocycles. The van der Waals surface area contributed by atoms with Crippen molar-refractivity contribution in [1.82, 2.24) is 0 Å². The first-order chi connectivity index (χ1) is 6.25. The predicted molar refractivity (Wildman–Crippen MR) is 65.3 cm³/mol. The molecule has 0 rings (SSSR count). The molecule has 0 saturated carbocycles. The van der Waals surface area contributed by atoms with Gasteiger partial charge in [-0.3, -0.25) is 5.41 Å². The van der Waals surface area contributed by atoms with Crippen LogP contribution in [0.15, 0.2) is 0 Å². The van der Waals surface area contributed by atoms with E-state index in [9.17, 15) is 0 Å². The predicted octanol–water partition coefficient (Wildman–Crippen LogP) is 3.56. The van der Waals surface area contributed by atoms with Gasteiger partial charge in [-0.15, -0.1) is 0 Å². The van der Waals surface area contributed by atoms with Crippen molar-refractivity contribution >= 4 is 17.7 Å². The standard InChI is InChI=1S/C11H23NOS/c1-7-13-9(12)10(2,3)8-11(4,5)14-6/h12H,7-8H2,1-6H3. The maximum atomic E-state index is 7.82. The summed E-state index contributed by atoms with van der Waals surface area (Å²) in [5.41, 5.74) is -0.164. The Bertz CT molecular complexity index is 199. The van der Waals surface area contributed by atoms with Crippen molar-refractivity contribution in [2.45, 2.75) is 45.8 Å². The maximum Gasteiger partial charge on any atom is 0.186 e. The molecule has 84 valence electrons. The van der Waals surface area contributed by atoms with E-state index in [1.807, 2.05) is 18.7 Å². The van der Waals surface area contributed by atoms with Crippen LogP contribution in [0, 0.1) is 10.8 Å². The van der Waals surface area contributed by atoms with Gasteiger partial charge in [-0.25, -0.2) is 0 Å². The molecule has 0 amide bonds. The summed E-state index contributed by atoms with van der Waals surface area (Å²) < 4.78 is 5.47. The van der Waals surface area contributed by atoms with Gasteiger partial charge in [0.05, 0.1) is 6.61 Å². The van der Waals surface area contributed by atoms with Gasteiger partial charge in [0.1, 0.15) is 0 Å². The zero-order valence-electron chi connectivity index (χ0n) is 10.2. The third kappa shape index (κ3) is 4.36. The average Bonchev–Trinajstić information content (AvgIpc) is 2.03.